The lowest BCUT2D eigenvalue weighted by Crippen LogP contribution is -2.38. The molecule has 2 aliphatic rings. The second-order valence-corrected chi connectivity index (χ2v) is 7.10. The molecule has 0 spiro atoms. The number of H-pyrrole nitrogens is 1. The second kappa shape index (κ2) is 7.00. The summed E-state index contributed by atoms with van der Waals surface area (Å²) >= 11 is 0. The van der Waals surface area contributed by atoms with Crippen molar-refractivity contribution in [1.29, 1.82) is 0 Å². The number of rotatable bonds is 3. The molecule has 0 radical (unpaired) electrons. The molecule has 0 unspecified atom stereocenters. The summed E-state index contributed by atoms with van der Waals surface area (Å²) in [5, 5.41) is 11.2. The van der Waals surface area contributed by atoms with Gasteiger partial charge in [-0.1, -0.05) is 0 Å². The van der Waals surface area contributed by atoms with Crippen LogP contribution in [0.25, 0.3) is 0 Å². The quantitative estimate of drug-likeness (QED) is 0.892. The molecule has 4 rings (SSSR count). The molecule has 2 N–H and O–H groups in total. The molecule has 2 aromatic rings. The fourth-order valence-electron chi connectivity index (χ4n) is 3.94. The SMILES string of the molecule is Cc1ocnc1C(=O)N1CCC(c2cc(C3CCNCC3)n[nH]2)CC1. The van der Waals surface area contributed by atoms with Crippen molar-refractivity contribution in [2.75, 3.05) is 26.2 Å². The van der Waals surface area contributed by atoms with Crippen LogP contribution in [-0.2, 0) is 0 Å². The molecule has 1 amide bonds. The van der Waals surface area contributed by atoms with E-state index in [4.69, 9.17) is 4.42 Å². The summed E-state index contributed by atoms with van der Waals surface area (Å²) in [7, 11) is 0. The predicted molar refractivity (Wildman–Crippen MR) is 92.6 cm³/mol. The number of piperidine rings is 2. The van der Waals surface area contributed by atoms with Gasteiger partial charge in [0.05, 0.1) is 5.69 Å². The van der Waals surface area contributed by atoms with Crippen molar-refractivity contribution >= 4 is 5.91 Å². The van der Waals surface area contributed by atoms with E-state index in [1.54, 1.807) is 6.92 Å². The van der Waals surface area contributed by atoms with Crippen LogP contribution in [0.3, 0.4) is 0 Å². The molecule has 0 atom stereocenters. The Morgan fingerprint density at radius 1 is 1.20 bits per heavy atom. The zero-order valence-electron chi connectivity index (χ0n) is 14.6. The molecule has 2 aliphatic heterocycles. The highest BCUT2D eigenvalue weighted by atomic mass is 16.3. The first-order valence-electron chi connectivity index (χ1n) is 9.17. The lowest BCUT2D eigenvalue weighted by atomic mass is 9.90. The fraction of sp³-hybridized carbons (Fsp3) is 0.611. The normalized spacial score (nSPS) is 20.1. The minimum atomic E-state index is -0.0234. The van der Waals surface area contributed by atoms with Gasteiger partial charge in [-0.05, 0) is 51.8 Å². The van der Waals surface area contributed by atoms with E-state index in [-0.39, 0.29) is 5.91 Å². The van der Waals surface area contributed by atoms with Gasteiger partial charge < -0.3 is 14.6 Å². The first-order chi connectivity index (χ1) is 12.2. The third-order valence-electron chi connectivity index (χ3n) is 5.54. The number of nitrogens with zero attached hydrogens (tertiary/aromatic N) is 3. The van der Waals surface area contributed by atoms with Crippen LogP contribution in [0.15, 0.2) is 16.9 Å². The number of amides is 1. The third kappa shape index (κ3) is 3.33. The van der Waals surface area contributed by atoms with Crippen LogP contribution in [0.2, 0.25) is 0 Å². The Labute approximate surface area is 147 Å². The van der Waals surface area contributed by atoms with Crippen molar-refractivity contribution in [2.45, 2.75) is 44.4 Å². The van der Waals surface area contributed by atoms with Gasteiger partial charge in [0.1, 0.15) is 5.76 Å². The second-order valence-electron chi connectivity index (χ2n) is 7.10. The number of hydrogen-bond acceptors (Lipinski definition) is 5. The number of aromatic nitrogens is 3. The van der Waals surface area contributed by atoms with E-state index in [1.807, 2.05) is 4.90 Å². The van der Waals surface area contributed by atoms with Gasteiger partial charge in [0.15, 0.2) is 12.1 Å². The van der Waals surface area contributed by atoms with Gasteiger partial charge in [0.2, 0.25) is 0 Å². The lowest BCUT2D eigenvalue weighted by Gasteiger charge is -2.31. The maximum Gasteiger partial charge on any atom is 0.276 e. The molecule has 134 valence electrons. The van der Waals surface area contributed by atoms with Crippen LogP contribution in [0, 0.1) is 6.92 Å². The third-order valence-corrected chi connectivity index (χ3v) is 5.54. The Morgan fingerprint density at radius 2 is 1.96 bits per heavy atom. The Bertz CT molecular complexity index is 723. The fourth-order valence-corrected chi connectivity index (χ4v) is 3.94. The average molecular weight is 343 g/mol. The number of aromatic amines is 1. The van der Waals surface area contributed by atoms with Crippen LogP contribution >= 0.6 is 0 Å². The van der Waals surface area contributed by atoms with Gasteiger partial charge in [-0.15, -0.1) is 0 Å². The minimum Gasteiger partial charge on any atom is -0.448 e. The number of likely N-dealkylation sites (tertiary alicyclic amines) is 1. The van der Waals surface area contributed by atoms with Crippen molar-refractivity contribution < 1.29 is 9.21 Å². The zero-order chi connectivity index (χ0) is 17.2. The molecule has 0 bridgehead atoms. The van der Waals surface area contributed by atoms with Crippen molar-refractivity contribution in [1.82, 2.24) is 25.4 Å². The van der Waals surface area contributed by atoms with Gasteiger partial charge in [-0.2, -0.15) is 5.10 Å². The van der Waals surface area contributed by atoms with Crippen LogP contribution < -0.4 is 5.32 Å². The summed E-state index contributed by atoms with van der Waals surface area (Å²) in [6, 6.07) is 2.25. The predicted octanol–water partition coefficient (Wildman–Crippen LogP) is 2.19. The molecule has 2 fully saturated rings. The van der Waals surface area contributed by atoms with Gasteiger partial charge in [-0.25, -0.2) is 4.98 Å². The summed E-state index contributed by atoms with van der Waals surface area (Å²) in [5.41, 5.74) is 2.86. The highest BCUT2D eigenvalue weighted by Crippen LogP contribution is 2.31. The van der Waals surface area contributed by atoms with Crippen LogP contribution in [0.4, 0.5) is 0 Å². The first kappa shape index (κ1) is 16.3. The number of aryl methyl sites for hydroxylation is 1. The number of carbonyl (C=O) groups is 1. The maximum atomic E-state index is 12.5. The molecule has 0 saturated carbocycles. The van der Waals surface area contributed by atoms with E-state index in [2.05, 4.69) is 26.6 Å². The molecule has 7 nitrogen and oxygen atoms in total. The van der Waals surface area contributed by atoms with Crippen LogP contribution in [-0.4, -0.2) is 52.2 Å². The van der Waals surface area contributed by atoms with E-state index in [0.717, 1.165) is 51.9 Å². The number of carbonyl (C=O) groups excluding carboxylic acids is 1. The zero-order valence-corrected chi connectivity index (χ0v) is 14.6. The molecule has 25 heavy (non-hydrogen) atoms. The van der Waals surface area contributed by atoms with Gasteiger partial charge in [-0.3, -0.25) is 9.89 Å². The Hall–Kier alpha value is -2.15. The molecule has 0 aromatic carbocycles. The molecule has 4 heterocycles. The maximum absolute atomic E-state index is 12.5. The topological polar surface area (TPSA) is 87.1 Å². The summed E-state index contributed by atoms with van der Waals surface area (Å²) in [6.45, 7) is 5.43. The van der Waals surface area contributed by atoms with Crippen molar-refractivity contribution in [3.05, 3.63) is 35.3 Å². The molecular formula is C18H25N5O2. The summed E-state index contributed by atoms with van der Waals surface area (Å²) in [5.74, 6) is 1.59. The highest BCUT2D eigenvalue weighted by molar-refractivity contribution is 5.93. The largest absolute Gasteiger partial charge is 0.448 e. The standard InChI is InChI=1S/C18H25N5O2/c1-12-17(20-11-25-12)18(24)23-8-4-14(5-9-23)16-10-15(21-22-16)13-2-6-19-7-3-13/h10-11,13-14,19H,2-9H2,1H3,(H,21,22). The number of hydrogen-bond donors (Lipinski definition) is 2. The molecule has 2 saturated heterocycles. The van der Waals surface area contributed by atoms with E-state index >= 15 is 0 Å². The van der Waals surface area contributed by atoms with E-state index in [9.17, 15) is 4.79 Å². The molecule has 2 aromatic heterocycles. The average Bonchev–Trinajstić information content (AvgIpc) is 3.31. The van der Waals surface area contributed by atoms with Crippen molar-refractivity contribution in [2.24, 2.45) is 0 Å². The summed E-state index contributed by atoms with van der Waals surface area (Å²) in [4.78, 5) is 18.4. The summed E-state index contributed by atoms with van der Waals surface area (Å²) in [6.07, 6.45) is 5.57. The Kier molecular flexibility index (Phi) is 4.57. The number of nitrogens with one attached hydrogen (secondary N) is 2. The van der Waals surface area contributed by atoms with Crippen molar-refractivity contribution in [3.63, 3.8) is 0 Å². The van der Waals surface area contributed by atoms with Crippen LogP contribution in [0.1, 0.15) is 65.2 Å². The van der Waals surface area contributed by atoms with Crippen molar-refractivity contribution in [3.8, 4) is 0 Å². The molecule has 0 aliphatic carbocycles. The van der Waals surface area contributed by atoms with E-state index in [1.165, 1.54) is 17.8 Å². The minimum absolute atomic E-state index is 0.0234. The highest BCUT2D eigenvalue weighted by Gasteiger charge is 2.28. The van der Waals surface area contributed by atoms with Crippen LogP contribution in [0.5, 0.6) is 0 Å². The monoisotopic (exact) mass is 343 g/mol. The van der Waals surface area contributed by atoms with Gasteiger partial charge in [0.25, 0.3) is 5.91 Å². The first-order valence-corrected chi connectivity index (χ1v) is 9.17. The Balaban J connectivity index is 1.36. The Morgan fingerprint density at radius 3 is 2.64 bits per heavy atom. The van der Waals surface area contributed by atoms with Gasteiger partial charge >= 0.3 is 0 Å². The smallest absolute Gasteiger partial charge is 0.276 e. The summed E-state index contributed by atoms with van der Waals surface area (Å²) < 4.78 is 5.15. The van der Waals surface area contributed by atoms with E-state index in [0.29, 0.717) is 23.3 Å². The van der Waals surface area contributed by atoms with E-state index < -0.39 is 0 Å². The lowest BCUT2D eigenvalue weighted by molar-refractivity contribution is 0.0705. The number of oxazole rings is 1. The molecular weight excluding hydrogens is 318 g/mol. The van der Waals surface area contributed by atoms with Gasteiger partial charge in [0, 0.05) is 30.6 Å². The molecule has 7 heteroatoms.